The van der Waals surface area contributed by atoms with Crippen molar-refractivity contribution in [3.05, 3.63) is 18.2 Å². The molecule has 0 aliphatic heterocycles. The lowest BCUT2D eigenvalue weighted by atomic mass is 10.1. The van der Waals surface area contributed by atoms with Crippen molar-refractivity contribution in [2.24, 2.45) is 5.92 Å². The molecule has 0 saturated heterocycles. The summed E-state index contributed by atoms with van der Waals surface area (Å²) in [5.41, 5.74) is 0.945. The van der Waals surface area contributed by atoms with Crippen molar-refractivity contribution >= 4 is 11.8 Å². The van der Waals surface area contributed by atoms with Crippen LogP contribution >= 0.6 is 0 Å². The minimum absolute atomic E-state index is 0.0206. The van der Waals surface area contributed by atoms with Crippen molar-refractivity contribution in [1.29, 1.82) is 0 Å². The summed E-state index contributed by atoms with van der Waals surface area (Å²) in [6, 6.07) is 0. The Hall–Kier alpha value is -1.85. The third kappa shape index (κ3) is 7.23. The first-order chi connectivity index (χ1) is 9.08. The largest absolute Gasteiger partial charge is 0.354 e. The minimum Gasteiger partial charge on any atom is -0.354 e. The molecule has 106 valence electrons. The van der Waals surface area contributed by atoms with Crippen molar-refractivity contribution in [1.82, 2.24) is 20.6 Å². The first kappa shape index (κ1) is 15.2. The van der Waals surface area contributed by atoms with Crippen LogP contribution in [0, 0.1) is 5.92 Å². The van der Waals surface area contributed by atoms with Gasteiger partial charge < -0.3 is 15.6 Å². The summed E-state index contributed by atoms with van der Waals surface area (Å²) >= 11 is 0. The van der Waals surface area contributed by atoms with Crippen molar-refractivity contribution in [2.75, 3.05) is 13.1 Å². The molecule has 3 N–H and O–H groups in total. The smallest absolute Gasteiger partial charge is 0.220 e. The third-order valence-electron chi connectivity index (χ3n) is 2.54. The van der Waals surface area contributed by atoms with E-state index >= 15 is 0 Å². The molecular weight excluding hydrogens is 244 g/mol. The van der Waals surface area contributed by atoms with E-state index in [1.807, 2.05) is 13.8 Å². The molecule has 6 heteroatoms. The highest BCUT2D eigenvalue weighted by molar-refractivity contribution is 5.77. The molecule has 0 atom stereocenters. The molecule has 1 rings (SSSR count). The van der Waals surface area contributed by atoms with Crippen LogP contribution in [0.2, 0.25) is 0 Å². The second-order valence-electron chi connectivity index (χ2n) is 4.87. The summed E-state index contributed by atoms with van der Waals surface area (Å²) in [5, 5.41) is 5.54. The van der Waals surface area contributed by atoms with Gasteiger partial charge in [0.25, 0.3) is 0 Å². The molecular formula is C13H22N4O2. The van der Waals surface area contributed by atoms with Gasteiger partial charge in [0.2, 0.25) is 11.8 Å². The Bertz CT molecular complexity index is 387. The van der Waals surface area contributed by atoms with Crippen LogP contribution in [-0.2, 0) is 16.0 Å². The number of imidazole rings is 1. The number of rotatable bonds is 8. The lowest BCUT2D eigenvalue weighted by molar-refractivity contribution is -0.123. The Kier molecular flexibility index (Phi) is 6.63. The molecule has 1 aromatic heterocycles. The zero-order valence-corrected chi connectivity index (χ0v) is 11.5. The van der Waals surface area contributed by atoms with Gasteiger partial charge in [-0.15, -0.1) is 0 Å². The molecule has 0 aromatic carbocycles. The quantitative estimate of drug-likeness (QED) is 0.603. The van der Waals surface area contributed by atoms with E-state index in [-0.39, 0.29) is 11.8 Å². The van der Waals surface area contributed by atoms with E-state index in [0.29, 0.717) is 38.3 Å². The lowest BCUT2D eigenvalue weighted by Crippen LogP contribution is -2.35. The summed E-state index contributed by atoms with van der Waals surface area (Å²) < 4.78 is 0. The van der Waals surface area contributed by atoms with Crippen molar-refractivity contribution in [3.63, 3.8) is 0 Å². The Morgan fingerprint density at radius 1 is 1.26 bits per heavy atom. The zero-order chi connectivity index (χ0) is 14.1. The van der Waals surface area contributed by atoms with Gasteiger partial charge in [-0.1, -0.05) is 13.8 Å². The third-order valence-corrected chi connectivity index (χ3v) is 2.54. The van der Waals surface area contributed by atoms with E-state index in [1.54, 1.807) is 12.5 Å². The molecule has 6 nitrogen and oxygen atoms in total. The van der Waals surface area contributed by atoms with E-state index in [4.69, 9.17) is 0 Å². The molecule has 0 saturated carbocycles. The van der Waals surface area contributed by atoms with Gasteiger partial charge in [-0.25, -0.2) is 4.98 Å². The fourth-order valence-electron chi connectivity index (χ4n) is 1.60. The topological polar surface area (TPSA) is 86.9 Å². The maximum absolute atomic E-state index is 11.5. The van der Waals surface area contributed by atoms with Crippen LogP contribution in [0.15, 0.2) is 12.5 Å². The molecule has 0 bridgehead atoms. The average Bonchev–Trinajstić information content (AvgIpc) is 2.84. The number of aromatic nitrogens is 2. The molecule has 0 aliphatic rings. The van der Waals surface area contributed by atoms with E-state index in [0.717, 1.165) is 5.69 Å². The fraction of sp³-hybridized carbons (Fsp3) is 0.615. The predicted molar refractivity (Wildman–Crippen MR) is 72.4 cm³/mol. The Morgan fingerprint density at radius 2 is 1.95 bits per heavy atom. The molecule has 1 heterocycles. The molecule has 2 amide bonds. The normalized spacial score (nSPS) is 10.5. The number of H-pyrrole nitrogens is 1. The predicted octanol–water partition coefficient (Wildman–Crippen LogP) is 0.621. The molecule has 1 aromatic rings. The van der Waals surface area contributed by atoms with Gasteiger partial charge in [0.1, 0.15) is 0 Å². The Labute approximate surface area is 113 Å². The number of aryl methyl sites for hydroxylation is 1. The Morgan fingerprint density at radius 3 is 2.53 bits per heavy atom. The highest BCUT2D eigenvalue weighted by Gasteiger charge is 2.05. The highest BCUT2D eigenvalue weighted by Crippen LogP contribution is 1.98. The standard InChI is InChI=1S/C13H22N4O2/c1-10(2)7-13(19)16-6-5-15-12(18)4-3-11-8-14-9-17-11/h8-10H,3-7H2,1-2H3,(H,14,17)(H,15,18)(H,16,19). The summed E-state index contributed by atoms with van der Waals surface area (Å²) in [6.45, 7) is 4.93. The van der Waals surface area contributed by atoms with E-state index in [2.05, 4.69) is 20.6 Å². The van der Waals surface area contributed by atoms with Gasteiger partial charge in [-0.3, -0.25) is 9.59 Å². The van der Waals surface area contributed by atoms with E-state index < -0.39 is 0 Å². The monoisotopic (exact) mass is 266 g/mol. The first-order valence-corrected chi connectivity index (χ1v) is 6.58. The van der Waals surface area contributed by atoms with E-state index in [9.17, 15) is 9.59 Å². The van der Waals surface area contributed by atoms with Crippen LogP contribution < -0.4 is 10.6 Å². The van der Waals surface area contributed by atoms with Gasteiger partial charge in [0.15, 0.2) is 0 Å². The summed E-state index contributed by atoms with van der Waals surface area (Å²) in [4.78, 5) is 29.7. The van der Waals surface area contributed by atoms with Gasteiger partial charge in [-0.05, 0) is 12.3 Å². The van der Waals surface area contributed by atoms with Crippen LogP contribution in [0.25, 0.3) is 0 Å². The van der Waals surface area contributed by atoms with Crippen LogP contribution in [0.1, 0.15) is 32.4 Å². The van der Waals surface area contributed by atoms with Gasteiger partial charge in [-0.2, -0.15) is 0 Å². The maximum Gasteiger partial charge on any atom is 0.220 e. The van der Waals surface area contributed by atoms with Gasteiger partial charge in [0.05, 0.1) is 6.33 Å². The van der Waals surface area contributed by atoms with Crippen molar-refractivity contribution in [3.8, 4) is 0 Å². The van der Waals surface area contributed by atoms with Crippen molar-refractivity contribution < 1.29 is 9.59 Å². The number of nitrogens with one attached hydrogen (secondary N) is 3. The van der Waals surface area contributed by atoms with Gasteiger partial charge in [0, 0.05) is 37.8 Å². The summed E-state index contributed by atoms with van der Waals surface area (Å²) in [5.74, 6) is 0.360. The number of hydrogen-bond donors (Lipinski definition) is 3. The fourth-order valence-corrected chi connectivity index (χ4v) is 1.60. The van der Waals surface area contributed by atoms with E-state index in [1.165, 1.54) is 0 Å². The Balaban J connectivity index is 2.02. The number of nitrogens with zero attached hydrogens (tertiary/aromatic N) is 1. The van der Waals surface area contributed by atoms with Gasteiger partial charge >= 0.3 is 0 Å². The molecule has 19 heavy (non-hydrogen) atoms. The minimum atomic E-state index is -0.0206. The molecule has 0 unspecified atom stereocenters. The summed E-state index contributed by atoms with van der Waals surface area (Å²) in [6.07, 6.45) is 4.89. The summed E-state index contributed by atoms with van der Waals surface area (Å²) in [7, 11) is 0. The van der Waals surface area contributed by atoms with Crippen LogP contribution in [0.3, 0.4) is 0 Å². The zero-order valence-electron chi connectivity index (χ0n) is 11.5. The van der Waals surface area contributed by atoms with Crippen LogP contribution in [0.5, 0.6) is 0 Å². The van der Waals surface area contributed by atoms with Crippen molar-refractivity contribution in [2.45, 2.75) is 33.1 Å². The molecule has 0 fully saturated rings. The lowest BCUT2D eigenvalue weighted by Gasteiger charge is -2.08. The number of carbonyl (C=O) groups is 2. The number of hydrogen-bond acceptors (Lipinski definition) is 3. The number of aromatic amines is 1. The highest BCUT2D eigenvalue weighted by atomic mass is 16.2. The van der Waals surface area contributed by atoms with Crippen LogP contribution in [0.4, 0.5) is 0 Å². The maximum atomic E-state index is 11.5. The SMILES string of the molecule is CC(C)CC(=O)NCCNC(=O)CCc1cnc[nH]1. The first-order valence-electron chi connectivity index (χ1n) is 6.58. The molecule has 0 spiro atoms. The number of carbonyl (C=O) groups excluding carboxylic acids is 2. The second kappa shape index (κ2) is 8.29. The second-order valence-corrected chi connectivity index (χ2v) is 4.87. The molecule has 0 radical (unpaired) electrons. The average molecular weight is 266 g/mol. The van der Waals surface area contributed by atoms with Crippen LogP contribution in [-0.4, -0.2) is 34.9 Å². The number of amides is 2. The molecule has 0 aliphatic carbocycles.